The van der Waals surface area contributed by atoms with Crippen LogP contribution in [0.2, 0.25) is 0 Å². The van der Waals surface area contributed by atoms with Crippen LogP contribution in [0.4, 0.5) is 0 Å². The molecule has 0 bridgehead atoms. The molecule has 0 radical (unpaired) electrons. The monoisotopic (exact) mass is 303 g/mol. The Bertz CT molecular complexity index is 768. The Morgan fingerprint density at radius 3 is 2.55 bits per heavy atom. The number of amides is 1. The minimum atomic E-state index is -0.652. The third kappa shape index (κ3) is 2.79. The number of nitrogens with two attached hydrogens (primary N) is 1. The van der Waals surface area contributed by atoms with Crippen LogP contribution >= 0.6 is 0 Å². The maximum atomic E-state index is 11.9. The SMILES string of the molecule is COc1ccc(OC)c(-n2cc(C(=O)NN)c(=O)cc2C)c1. The van der Waals surface area contributed by atoms with Crippen molar-refractivity contribution >= 4 is 5.91 Å². The van der Waals surface area contributed by atoms with Gasteiger partial charge in [-0.3, -0.25) is 15.0 Å². The highest BCUT2D eigenvalue weighted by atomic mass is 16.5. The van der Waals surface area contributed by atoms with Gasteiger partial charge < -0.3 is 14.0 Å². The summed E-state index contributed by atoms with van der Waals surface area (Å²) < 4.78 is 12.2. The largest absolute Gasteiger partial charge is 0.497 e. The summed E-state index contributed by atoms with van der Waals surface area (Å²) in [5.41, 5.74) is 2.79. The van der Waals surface area contributed by atoms with Crippen molar-refractivity contribution in [1.29, 1.82) is 0 Å². The van der Waals surface area contributed by atoms with E-state index in [4.69, 9.17) is 15.3 Å². The van der Waals surface area contributed by atoms with Crippen LogP contribution in [0.3, 0.4) is 0 Å². The van der Waals surface area contributed by atoms with Crippen LogP contribution in [0.25, 0.3) is 5.69 Å². The molecule has 0 atom stereocenters. The van der Waals surface area contributed by atoms with E-state index in [1.807, 2.05) is 5.43 Å². The number of hydrazine groups is 1. The van der Waals surface area contributed by atoms with Crippen LogP contribution in [-0.4, -0.2) is 24.7 Å². The number of rotatable bonds is 4. The number of nitrogens with one attached hydrogen (secondary N) is 1. The highest BCUT2D eigenvalue weighted by Crippen LogP contribution is 2.28. The van der Waals surface area contributed by atoms with Gasteiger partial charge >= 0.3 is 0 Å². The first kappa shape index (κ1) is 15.6. The normalized spacial score (nSPS) is 10.2. The third-order valence-electron chi connectivity index (χ3n) is 3.26. The summed E-state index contributed by atoms with van der Waals surface area (Å²) in [5, 5.41) is 0. The first-order valence-corrected chi connectivity index (χ1v) is 6.48. The van der Waals surface area contributed by atoms with Gasteiger partial charge in [-0.1, -0.05) is 0 Å². The van der Waals surface area contributed by atoms with Crippen LogP contribution in [0.15, 0.2) is 35.3 Å². The summed E-state index contributed by atoms with van der Waals surface area (Å²) in [4.78, 5) is 23.6. The molecule has 1 aromatic carbocycles. The van der Waals surface area contributed by atoms with E-state index in [0.717, 1.165) is 0 Å². The average Bonchev–Trinajstić information content (AvgIpc) is 2.53. The Balaban J connectivity index is 2.71. The topological polar surface area (TPSA) is 95.6 Å². The van der Waals surface area contributed by atoms with E-state index in [-0.39, 0.29) is 5.56 Å². The summed E-state index contributed by atoms with van der Waals surface area (Å²) in [7, 11) is 3.09. The van der Waals surface area contributed by atoms with Gasteiger partial charge in [0.1, 0.15) is 17.1 Å². The quantitative estimate of drug-likeness (QED) is 0.494. The predicted molar refractivity (Wildman–Crippen MR) is 81.5 cm³/mol. The maximum absolute atomic E-state index is 11.9. The first-order valence-electron chi connectivity index (χ1n) is 6.48. The molecule has 1 aromatic heterocycles. The maximum Gasteiger partial charge on any atom is 0.270 e. The lowest BCUT2D eigenvalue weighted by Gasteiger charge is -2.16. The Hall–Kier alpha value is -2.80. The smallest absolute Gasteiger partial charge is 0.270 e. The minimum absolute atomic E-state index is 0.0574. The second-order valence-electron chi connectivity index (χ2n) is 4.57. The van der Waals surface area contributed by atoms with Gasteiger partial charge in [0.05, 0.1) is 19.9 Å². The van der Waals surface area contributed by atoms with E-state index in [2.05, 4.69) is 0 Å². The molecule has 1 amide bonds. The van der Waals surface area contributed by atoms with Gasteiger partial charge in [0, 0.05) is 24.0 Å². The first-order chi connectivity index (χ1) is 10.5. The molecule has 7 heteroatoms. The molecule has 0 aliphatic carbocycles. The lowest BCUT2D eigenvalue weighted by atomic mass is 10.2. The number of aryl methyl sites for hydroxylation is 1. The van der Waals surface area contributed by atoms with Crippen LogP contribution in [0.5, 0.6) is 11.5 Å². The molecule has 2 rings (SSSR count). The van der Waals surface area contributed by atoms with Gasteiger partial charge in [-0.05, 0) is 19.1 Å². The molecular weight excluding hydrogens is 286 g/mol. The second-order valence-corrected chi connectivity index (χ2v) is 4.57. The molecule has 0 unspecified atom stereocenters. The molecule has 0 aliphatic rings. The molecule has 3 N–H and O–H groups in total. The molecule has 1 heterocycles. The lowest BCUT2D eigenvalue weighted by Crippen LogP contribution is -2.34. The number of pyridine rings is 1. The number of methoxy groups -OCH3 is 2. The minimum Gasteiger partial charge on any atom is -0.497 e. The zero-order chi connectivity index (χ0) is 16.3. The molecule has 0 saturated heterocycles. The average molecular weight is 303 g/mol. The van der Waals surface area contributed by atoms with Crippen LogP contribution in [0.1, 0.15) is 16.1 Å². The van der Waals surface area contributed by atoms with Crippen LogP contribution < -0.4 is 26.2 Å². The van der Waals surface area contributed by atoms with Crippen molar-refractivity contribution in [2.45, 2.75) is 6.92 Å². The highest BCUT2D eigenvalue weighted by molar-refractivity contribution is 5.93. The Labute approximate surface area is 127 Å². The number of benzene rings is 1. The summed E-state index contributed by atoms with van der Waals surface area (Å²) in [6, 6.07) is 6.62. The Morgan fingerprint density at radius 1 is 1.23 bits per heavy atom. The van der Waals surface area contributed by atoms with Crippen molar-refractivity contribution in [2.75, 3.05) is 14.2 Å². The van der Waals surface area contributed by atoms with Crippen LogP contribution in [-0.2, 0) is 0 Å². The van der Waals surface area contributed by atoms with E-state index >= 15 is 0 Å². The fourth-order valence-electron chi connectivity index (χ4n) is 2.12. The molecule has 0 aliphatic heterocycles. The van der Waals surface area contributed by atoms with Crippen LogP contribution in [0, 0.1) is 6.92 Å². The molecule has 7 nitrogen and oxygen atoms in total. The van der Waals surface area contributed by atoms with E-state index in [9.17, 15) is 9.59 Å². The van der Waals surface area contributed by atoms with Crippen molar-refractivity contribution in [2.24, 2.45) is 5.84 Å². The van der Waals surface area contributed by atoms with Crippen molar-refractivity contribution in [3.63, 3.8) is 0 Å². The van der Waals surface area contributed by atoms with Gasteiger partial charge in [-0.2, -0.15) is 0 Å². The summed E-state index contributed by atoms with van der Waals surface area (Å²) in [6.45, 7) is 1.75. The molecular formula is C15H17N3O4. The van der Waals surface area contributed by atoms with Gasteiger partial charge in [-0.15, -0.1) is 0 Å². The molecule has 0 saturated carbocycles. The molecule has 0 fully saturated rings. The summed E-state index contributed by atoms with van der Waals surface area (Å²) in [5.74, 6) is 5.66. The number of carbonyl (C=O) groups is 1. The lowest BCUT2D eigenvalue weighted by molar-refractivity contribution is 0.0952. The third-order valence-corrected chi connectivity index (χ3v) is 3.26. The zero-order valence-electron chi connectivity index (χ0n) is 12.5. The fraction of sp³-hybridized carbons (Fsp3) is 0.200. The summed E-state index contributed by atoms with van der Waals surface area (Å²) >= 11 is 0. The number of carbonyl (C=O) groups excluding carboxylic acids is 1. The zero-order valence-corrected chi connectivity index (χ0v) is 12.5. The molecule has 0 spiro atoms. The number of hydrogen-bond donors (Lipinski definition) is 2. The standard InChI is InChI=1S/C15H17N3O4/c1-9-6-13(19)11(15(20)17-16)8-18(9)12-7-10(21-2)4-5-14(12)22-3/h4-8H,16H2,1-3H3,(H,17,20). The second kappa shape index (κ2) is 6.31. The number of hydrogen-bond acceptors (Lipinski definition) is 5. The molecule has 116 valence electrons. The fourth-order valence-corrected chi connectivity index (χ4v) is 2.12. The number of ether oxygens (including phenoxy) is 2. The Kier molecular flexibility index (Phi) is 4.47. The number of nitrogen functional groups attached to an aromatic ring is 1. The van der Waals surface area contributed by atoms with Crippen molar-refractivity contribution in [3.8, 4) is 17.2 Å². The van der Waals surface area contributed by atoms with Crippen molar-refractivity contribution in [3.05, 3.63) is 51.9 Å². The predicted octanol–water partition coefficient (Wildman–Crippen LogP) is 0.767. The van der Waals surface area contributed by atoms with Crippen molar-refractivity contribution < 1.29 is 14.3 Å². The molecule has 22 heavy (non-hydrogen) atoms. The van der Waals surface area contributed by atoms with Gasteiger partial charge in [-0.25, -0.2) is 5.84 Å². The number of nitrogens with zero attached hydrogens (tertiary/aromatic N) is 1. The Morgan fingerprint density at radius 2 is 1.95 bits per heavy atom. The van der Waals surface area contributed by atoms with Gasteiger partial charge in [0.2, 0.25) is 0 Å². The van der Waals surface area contributed by atoms with E-state index < -0.39 is 11.3 Å². The van der Waals surface area contributed by atoms with Gasteiger partial charge in [0.25, 0.3) is 5.91 Å². The van der Waals surface area contributed by atoms with E-state index in [0.29, 0.717) is 22.9 Å². The van der Waals surface area contributed by atoms with E-state index in [1.165, 1.54) is 19.4 Å². The number of aromatic nitrogens is 1. The highest BCUT2D eigenvalue weighted by Gasteiger charge is 2.14. The van der Waals surface area contributed by atoms with Gasteiger partial charge in [0.15, 0.2) is 5.43 Å². The summed E-state index contributed by atoms with van der Waals surface area (Å²) in [6.07, 6.45) is 1.43. The van der Waals surface area contributed by atoms with E-state index in [1.54, 1.807) is 36.8 Å². The van der Waals surface area contributed by atoms with Crippen molar-refractivity contribution in [1.82, 2.24) is 9.99 Å². The molecule has 2 aromatic rings.